The molecule has 0 amide bonds. The molecule has 18 heavy (non-hydrogen) atoms. The highest BCUT2D eigenvalue weighted by atomic mass is 32.1. The number of nitrogens with zero attached hydrogens (tertiary/aromatic N) is 2. The van der Waals surface area contributed by atoms with Gasteiger partial charge in [0.2, 0.25) is 0 Å². The van der Waals surface area contributed by atoms with Gasteiger partial charge in [0.15, 0.2) is 0 Å². The number of rotatable bonds is 4. The number of thiazole rings is 1. The lowest BCUT2D eigenvalue weighted by atomic mass is 10.1. The number of aromatic nitrogens is 1. The molecule has 0 aromatic carbocycles. The fourth-order valence-corrected chi connectivity index (χ4v) is 3.54. The molecular weight excluding hydrogens is 242 g/mol. The Morgan fingerprint density at radius 1 is 1.33 bits per heavy atom. The Bertz CT molecular complexity index is 369. The van der Waals surface area contributed by atoms with E-state index in [9.17, 15) is 0 Å². The molecule has 2 heterocycles. The van der Waals surface area contributed by atoms with E-state index < -0.39 is 0 Å². The van der Waals surface area contributed by atoms with Gasteiger partial charge < -0.3 is 5.32 Å². The van der Waals surface area contributed by atoms with Crippen LogP contribution in [0.3, 0.4) is 0 Å². The Balaban J connectivity index is 2.04. The van der Waals surface area contributed by atoms with E-state index in [1.165, 1.54) is 28.4 Å². The first-order valence-corrected chi connectivity index (χ1v) is 7.86. The fourth-order valence-electron chi connectivity index (χ4n) is 2.58. The second kappa shape index (κ2) is 6.13. The lowest BCUT2D eigenvalue weighted by Gasteiger charge is -2.39. The van der Waals surface area contributed by atoms with Crippen LogP contribution in [0.2, 0.25) is 0 Å². The van der Waals surface area contributed by atoms with E-state index >= 15 is 0 Å². The van der Waals surface area contributed by atoms with E-state index in [0.717, 1.165) is 19.6 Å². The maximum Gasteiger partial charge on any atom is 0.107 e. The average Bonchev–Trinajstić information content (AvgIpc) is 2.68. The molecule has 1 aliphatic heterocycles. The van der Waals surface area contributed by atoms with Gasteiger partial charge in [-0.15, -0.1) is 11.3 Å². The maximum atomic E-state index is 4.68. The van der Waals surface area contributed by atoms with Gasteiger partial charge in [-0.25, -0.2) is 4.98 Å². The maximum absolute atomic E-state index is 4.68. The quantitative estimate of drug-likeness (QED) is 0.909. The van der Waals surface area contributed by atoms with Crippen LogP contribution in [0.15, 0.2) is 0 Å². The summed E-state index contributed by atoms with van der Waals surface area (Å²) in [5.41, 5.74) is 1.20. The Morgan fingerprint density at radius 2 is 2.11 bits per heavy atom. The zero-order valence-corrected chi connectivity index (χ0v) is 12.8. The van der Waals surface area contributed by atoms with Crippen molar-refractivity contribution in [2.24, 2.45) is 0 Å². The minimum atomic E-state index is 0.648. The summed E-state index contributed by atoms with van der Waals surface area (Å²) in [5, 5.41) is 4.92. The lowest BCUT2D eigenvalue weighted by molar-refractivity contribution is 0.117. The molecule has 3 nitrogen and oxygen atoms in total. The van der Waals surface area contributed by atoms with Gasteiger partial charge in [0.1, 0.15) is 5.01 Å². The predicted octanol–water partition coefficient (Wildman–Crippen LogP) is 2.72. The minimum Gasteiger partial charge on any atom is -0.311 e. The van der Waals surface area contributed by atoms with Gasteiger partial charge in [-0.3, -0.25) is 4.90 Å². The van der Waals surface area contributed by atoms with Gasteiger partial charge in [0, 0.05) is 30.1 Å². The third kappa shape index (κ3) is 3.11. The van der Waals surface area contributed by atoms with Crippen LogP contribution in [0.5, 0.6) is 0 Å². The van der Waals surface area contributed by atoms with E-state index in [4.69, 9.17) is 0 Å². The normalized spacial score (nSPS) is 25.6. The summed E-state index contributed by atoms with van der Waals surface area (Å²) >= 11 is 1.86. The summed E-state index contributed by atoms with van der Waals surface area (Å²) in [5.74, 6) is 0. The first-order chi connectivity index (χ1) is 8.63. The molecular formula is C14H25N3S. The molecule has 1 aromatic rings. The molecule has 0 spiro atoms. The summed E-state index contributed by atoms with van der Waals surface area (Å²) < 4.78 is 0. The molecule has 1 aromatic heterocycles. The first-order valence-electron chi connectivity index (χ1n) is 7.04. The molecule has 102 valence electrons. The van der Waals surface area contributed by atoms with Gasteiger partial charge in [0.25, 0.3) is 0 Å². The summed E-state index contributed by atoms with van der Waals surface area (Å²) in [6.45, 7) is 12.1. The number of piperazine rings is 1. The van der Waals surface area contributed by atoms with Crippen molar-refractivity contribution in [1.82, 2.24) is 15.2 Å². The van der Waals surface area contributed by atoms with Crippen LogP contribution >= 0.6 is 11.3 Å². The second-order valence-corrected chi connectivity index (χ2v) is 6.54. The van der Waals surface area contributed by atoms with Crippen molar-refractivity contribution in [3.05, 3.63) is 15.6 Å². The Morgan fingerprint density at radius 3 is 2.67 bits per heavy atom. The molecule has 0 bridgehead atoms. The first kappa shape index (κ1) is 14.0. The van der Waals surface area contributed by atoms with Crippen LogP contribution < -0.4 is 5.32 Å². The molecule has 2 atom stereocenters. The standard InChI is InChI=1S/C14H25N3S/c1-5-12-8-17(13(6-2)7-15-12)9-14-16-10(3)11(4)18-14/h12-13,15H,5-9H2,1-4H3. The van der Waals surface area contributed by atoms with Crippen LogP contribution in [0.4, 0.5) is 0 Å². The summed E-state index contributed by atoms with van der Waals surface area (Å²) in [6.07, 6.45) is 2.43. The molecule has 1 saturated heterocycles. The van der Waals surface area contributed by atoms with E-state index in [0.29, 0.717) is 12.1 Å². The molecule has 2 rings (SSSR count). The molecule has 4 heteroatoms. The fraction of sp³-hybridized carbons (Fsp3) is 0.786. The molecule has 0 radical (unpaired) electrons. The van der Waals surface area contributed by atoms with Crippen molar-refractivity contribution < 1.29 is 0 Å². The molecule has 1 fully saturated rings. The lowest BCUT2D eigenvalue weighted by Crippen LogP contribution is -2.55. The van der Waals surface area contributed by atoms with Crippen molar-refractivity contribution in [3.63, 3.8) is 0 Å². The summed E-state index contributed by atoms with van der Waals surface area (Å²) in [7, 11) is 0. The monoisotopic (exact) mass is 267 g/mol. The van der Waals surface area contributed by atoms with Crippen molar-refractivity contribution in [1.29, 1.82) is 0 Å². The van der Waals surface area contributed by atoms with Gasteiger partial charge in [-0.05, 0) is 26.7 Å². The van der Waals surface area contributed by atoms with Gasteiger partial charge in [0.05, 0.1) is 12.2 Å². The average molecular weight is 267 g/mol. The van der Waals surface area contributed by atoms with Crippen molar-refractivity contribution in [3.8, 4) is 0 Å². The number of nitrogens with one attached hydrogen (secondary N) is 1. The summed E-state index contributed by atoms with van der Waals surface area (Å²) in [4.78, 5) is 8.66. The number of hydrogen-bond acceptors (Lipinski definition) is 4. The molecule has 1 aliphatic rings. The third-order valence-electron chi connectivity index (χ3n) is 3.99. The highest BCUT2D eigenvalue weighted by Crippen LogP contribution is 2.21. The van der Waals surface area contributed by atoms with Crippen molar-refractivity contribution in [2.75, 3.05) is 13.1 Å². The minimum absolute atomic E-state index is 0.648. The van der Waals surface area contributed by atoms with Crippen LogP contribution in [0.25, 0.3) is 0 Å². The molecule has 0 aliphatic carbocycles. The zero-order chi connectivity index (χ0) is 13.1. The Hall–Kier alpha value is -0.450. The number of hydrogen-bond donors (Lipinski definition) is 1. The SMILES string of the molecule is CCC1CN(Cc2nc(C)c(C)s2)C(CC)CN1. The van der Waals surface area contributed by atoms with E-state index in [1.54, 1.807) is 0 Å². The van der Waals surface area contributed by atoms with Crippen LogP contribution in [-0.4, -0.2) is 35.1 Å². The van der Waals surface area contributed by atoms with Gasteiger partial charge >= 0.3 is 0 Å². The van der Waals surface area contributed by atoms with Gasteiger partial charge in [-0.1, -0.05) is 13.8 Å². The Kier molecular flexibility index (Phi) is 4.76. The Labute approximate surface area is 115 Å². The zero-order valence-electron chi connectivity index (χ0n) is 12.0. The van der Waals surface area contributed by atoms with Crippen molar-refractivity contribution >= 4 is 11.3 Å². The third-order valence-corrected chi connectivity index (χ3v) is 5.05. The smallest absolute Gasteiger partial charge is 0.107 e. The van der Waals surface area contributed by atoms with E-state index in [-0.39, 0.29) is 0 Å². The highest BCUT2D eigenvalue weighted by Gasteiger charge is 2.26. The van der Waals surface area contributed by atoms with E-state index in [1.807, 2.05) is 11.3 Å². The van der Waals surface area contributed by atoms with Crippen LogP contribution in [-0.2, 0) is 6.54 Å². The number of aryl methyl sites for hydroxylation is 2. The summed E-state index contributed by atoms with van der Waals surface area (Å²) in [6, 6.07) is 1.31. The molecule has 0 saturated carbocycles. The van der Waals surface area contributed by atoms with Crippen LogP contribution in [0.1, 0.15) is 42.3 Å². The molecule has 1 N–H and O–H groups in total. The van der Waals surface area contributed by atoms with Crippen molar-refractivity contribution in [2.45, 2.75) is 59.2 Å². The van der Waals surface area contributed by atoms with E-state index in [2.05, 4.69) is 42.9 Å². The highest BCUT2D eigenvalue weighted by molar-refractivity contribution is 7.11. The largest absolute Gasteiger partial charge is 0.311 e. The van der Waals surface area contributed by atoms with Gasteiger partial charge in [-0.2, -0.15) is 0 Å². The molecule has 2 unspecified atom stereocenters. The topological polar surface area (TPSA) is 28.2 Å². The predicted molar refractivity (Wildman–Crippen MR) is 78.2 cm³/mol. The second-order valence-electron chi connectivity index (χ2n) is 5.25. The van der Waals surface area contributed by atoms with Crippen LogP contribution in [0, 0.1) is 13.8 Å².